The van der Waals surface area contributed by atoms with Gasteiger partial charge in [-0.1, -0.05) is 0 Å². The Morgan fingerprint density at radius 3 is 2.34 bits per heavy atom. The number of hydrogen-bond acceptors (Lipinski definition) is 9. The predicted molar refractivity (Wildman–Crippen MR) is 112 cm³/mol. The maximum atomic E-state index is 13.1. The second-order valence-electron chi connectivity index (χ2n) is 7.49. The Balaban J connectivity index is 1.42. The number of benzene rings is 1. The van der Waals surface area contributed by atoms with Crippen LogP contribution in [-0.2, 0) is 16.3 Å². The molecule has 1 fully saturated rings. The van der Waals surface area contributed by atoms with E-state index in [4.69, 9.17) is 15.3 Å². The largest absolute Gasteiger partial charge is 0.437 e. The normalized spacial score (nSPS) is 17.9. The number of nitriles is 2. The third-order valence-electron chi connectivity index (χ3n) is 5.33. The fraction of sp³-hybridized carbons (Fsp3) is 0.273. The van der Waals surface area contributed by atoms with Crippen molar-refractivity contribution in [1.29, 1.82) is 10.5 Å². The van der Waals surface area contributed by atoms with E-state index in [0.29, 0.717) is 30.7 Å². The molecule has 0 spiro atoms. The third-order valence-corrected chi connectivity index (χ3v) is 7.57. The Morgan fingerprint density at radius 2 is 1.62 bits per heavy atom. The first-order valence-corrected chi connectivity index (χ1v) is 11.5. The number of hydrogen-bond donors (Lipinski definition) is 0. The van der Waals surface area contributed by atoms with E-state index in [9.17, 15) is 8.42 Å². The summed E-state index contributed by atoms with van der Waals surface area (Å²) in [7, 11) is -3.49. The Bertz CT molecular complexity index is 1310. The molecule has 2 unspecified atom stereocenters. The molecule has 1 aliphatic rings. The molecule has 0 radical (unpaired) electrons. The Kier molecular flexibility index (Phi) is 6.06. The Labute approximate surface area is 185 Å². The molecule has 4 rings (SSSR count). The van der Waals surface area contributed by atoms with Crippen molar-refractivity contribution in [2.24, 2.45) is 5.92 Å². The summed E-state index contributed by atoms with van der Waals surface area (Å²) in [4.78, 5) is 16.4. The van der Waals surface area contributed by atoms with Crippen LogP contribution in [0.5, 0.6) is 11.6 Å². The summed E-state index contributed by atoms with van der Waals surface area (Å²) in [6.45, 7) is 0. The smallest absolute Gasteiger partial charge is 0.239 e. The summed E-state index contributed by atoms with van der Waals surface area (Å²) in [6, 6.07) is 10.0. The van der Waals surface area contributed by atoms with E-state index in [1.165, 1.54) is 30.7 Å². The zero-order valence-electron chi connectivity index (χ0n) is 16.9. The highest BCUT2D eigenvalue weighted by Gasteiger charge is 2.35. The molecule has 0 N–H and O–H groups in total. The molecular formula is C22H18N6O3S. The van der Waals surface area contributed by atoms with Gasteiger partial charge in [-0.05, 0) is 55.9 Å². The van der Waals surface area contributed by atoms with Crippen molar-refractivity contribution < 1.29 is 13.2 Å². The van der Waals surface area contributed by atoms with Crippen LogP contribution >= 0.6 is 0 Å². The quantitative estimate of drug-likeness (QED) is 0.558. The van der Waals surface area contributed by atoms with Gasteiger partial charge in [-0.2, -0.15) is 15.5 Å². The van der Waals surface area contributed by atoms with Crippen LogP contribution in [0.25, 0.3) is 0 Å². The lowest BCUT2D eigenvalue weighted by Crippen LogP contribution is -2.19. The van der Waals surface area contributed by atoms with E-state index in [2.05, 4.69) is 19.9 Å². The van der Waals surface area contributed by atoms with Crippen LogP contribution in [0.3, 0.4) is 0 Å². The molecule has 32 heavy (non-hydrogen) atoms. The van der Waals surface area contributed by atoms with Gasteiger partial charge in [0.1, 0.15) is 17.9 Å². The highest BCUT2D eigenvalue weighted by Crippen LogP contribution is 2.36. The van der Waals surface area contributed by atoms with Crippen LogP contribution in [0.1, 0.15) is 36.3 Å². The predicted octanol–water partition coefficient (Wildman–Crippen LogP) is 2.99. The van der Waals surface area contributed by atoms with Crippen LogP contribution in [0.2, 0.25) is 0 Å². The van der Waals surface area contributed by atoms with Crippen molar-refractivity contribution in [2.45, 2.75) is 35.8 Å². The maximum Gasteiger partial charge on any atom is 0.239 e. The van der Waals surface area contributed by atoms with Crippen molar-refractivity contribution >= 4 is 9.84 Å². The number of sulfone groups is 1. The molecule has 9 nitrogen and oxygen atoms in total. The minimum Gasteiger partial charge on any atom is -0.437 e. The van der Waals surface area contributed by atoms with Crippen molar-refractivity contribution in [3.63, 3.8) is 0 Å². The molecular weight excluding hydrogens is 428 g/mol. The Morgan fingerprint density at radius 1 is 0.938 bits per heavy atom. The summed E-state index contributed by atoms with van der Waals surface area (Å²) >= 11 is 0. The minimum atomic E-state index is -3.49. The molecule has 10 heteroatoms. The van der Waals surface area contributed by atoms with Gasteiger partial charge in [0.05, 0.1) is 34.4 Å². The van der Waals surface area contributed by atoms with Gasteiger partial charge in [-0.25, -0.2) is 13.4 Å². The average molecular weight is 446 g/mol. The highest BCUT2D eigenvalue weighted by atomic mass is 32.2. The molecule has 0 bridgehead atoms. The van der Waals surface area contributed by atoms with Crippen LogP contribution in [0.15, 0.2) is 53.9 Å². The van der Waals surface area contributed by atoms with Crippen LogP contribution < -0.4 is 4.74 Å². The number of aromatic nitrogens is 4. The van der Waals surface area contributed by atoms with Crippen molar-refractivity contribution in [3.8, 4) is 23.8 Å². The third kappa shape index (κ3) is 4.71. The van der Waals surface area contributed by atoms with Gasteiger partial charge in [-0.3, -0.25) is 9.97 Å². The molecule has 2 heterocycles. The molecule has 1 aliphatic carbocycles. The lowest BCUT2D eigenvalue weighted by molar-refractivity contribution is 0.459. The first-order chi connectivity index (χ1) is 15.5. The molecule has 0 saturated heterocycles. The van der Waals surface area contributed by atoms with E-state index in [0.717, 1.165) is 6.42 Å². The second-order valence-corrected chi connectivity index (χ2v) is 9.71. The summed E-state index contributed by atoms with van der Waals surface area (Å²) in [6.07, 6.45) is 8.22. The lowest BCUT2D eigenvalue weighted by Gasteiger charge is -2.13. The van der Waals surface area contributed by atoms with E-state index in [1.54, 1.807) is 18.3 Å². The SMILES string of the molecule is N#Cc1cncc(CC2CCC(S(=O)(=O)c3ccc(Oc4cncc(C#N)n4)cc3)C2)n1. The molecule has 0 amide bonds. The van der Waals surface area contributed by atoms with Gasteiger partial charge in [-0.15, -0.1) is 0 Å². The fourth-order valence-corrected chi connectivity index (χ4v) is 5.68. The topological polar surface area (TPSA) is 143 Å². The number of ether oxygens (including phenoxy) is 1. The Hall–Kier alpha value is -3.89. The zero-order chi connectivity index (χ0) is 22.6. The van der Waals surface area contributed by atoms with Gasteiger partial charge in [0.15, 0.2) is 21.2 Å². The fourth-order valence-electron chi connectivity index (χ4n) is 3.81. The van der Waals surface area contributed by atoms with Crippen molar-refractivity contribution in [1.82, 2.24) is 19.9 Å². The summed E-state index contributed by atoms with van der Waals surface area (Å²) < 4.78 is 31.8. The van der Waals surface area contributed by atoms with E-state index >= 15 is 0 Å². The van der Waals surface area contributed by atoms with Gasteiger partial charge < -0.3 is 4.74 Å². The summed E-state index contributed by atoms with van der Waals surface area (Å²) in [5.41, 5.74) is 1.09. The molecule has 0 aliphatic heterocycles. The first-order valence-electron chi connectivity index (χ1n) is 9.93. The van der Waals surface area contributed by atoms with Crippen molar-refractivity contribution in [3.05, 3.63) is 66.1 Å². The molecule has 2 aromatic heterocycles. The summed E-state index contributed by atoms with van der Waals surface area (Å²) in [5, 5.41) is 17.4. The molecule has 160 valence electrons. The maximum absolute atomic E-state index is 13.1. The molecule has 1 aromatic carbocycles. The standard InChI is InChI=1S/C22H18N6O3S/c23-9-17-12-25-11-16(27-17)7-15-1-4-21(8-15)32(29,30)20-5-2-19(3-6-20)31-22-14-26-13-18(10-24)28-22/h2-3,5-6,11-15,21H,1,4,7-8H2. The van der Waals surface area contributed by atoms with Gasteiger partial charge in [0.25, 0.3) is 0 Å². The number of nitrogens with zero attached hydrogens (tertiary/aromatic N) is 6. The number of rotatable bonds is 6. The van der Waals surface area contributed by atoms with Gasteiger partial charge in [0.2, 0.25) is 5.88 Å². The minimum absolute atomic E-state index is 0.128. The van der Waals surface area contributed by atoms with E-state index in [1.807, 2.05) is 12.1 Å². The van der Waals surface area contributed by atoms with Gasteiger partial charge >= 0.3 is 0 Å². The van der Waals surface area contributed by atoms with E-state index < -0.39 is 15.1 Å². The van der Waals surface area contributed by atoms with Gasteiger partial charge in [0, 0.05) is 6.20 Å². The molecule has 3 aromatic rings. The molecule has 2 atom stereocenters. The molecule has 1 saturated carbocycles. The summed E-state index contributed by atoms with van der Waals surface area (Å²) in [5.74, 6) is 0.724. The van der Waals surface area contributed by atoms with Crippen LogP contribution in [0.4, 0.5) is 0 Å². The second kappa shape index (κ2) is 9.08. The lowest BCUT2D eigenvalue weighted by atomic mass is 10.0. The van der Waals surface area contributed by atoms with E-state index in [-0.39, 0.29) is 28.1 Å². The van der Waals surface area contributed by atoms with Crippen molar-refractivity contribution in [2.75, 3.05) is 0 Å². The first kappa shape index (κ1) is 21.3. The zero-order valence-corrected chi connectivity index (χ0v) is 17.7. The highest BCUT2D eigenvalue weighted by molar-refractivity contribution is 7.92. The van der Waals surface area contributed by atoms with Crippen LogP contribution in [-0.4, -0.2) is 33.6 Å². The average Bonchev–Trinajstić information content (AvgIpc) is 3.29. The van der Waals surface area contributed by atoms with Crippen LogP contribution in [0, 0.1) is 28.6 Å². The monoisotopic (exact) mass is 446 g/mol.